The molecule has 3 rings (SSSR count). The number of nitrogens with zero attached hydrogens (tertiary/aromatic N) is 2. The van der Waals surface area contributed by atoms with Gasteiger partial charge in [-0.05, 0) is 38.7 Å². The lowest BCUT2D eigenvalue weighted by atomic mass is 9.94. The van der Waals surface area contributed by atoms with E-state index in [1.165, 1.54) is 18.4 Å². The molecule has 0 spiro atoms. The Labute approximate surface area is 185 Å². The first-order valence-electron chi connectivity index (χ1n) is 10.2. The van der Waals surface area contributed by atoms with Gasteiger partial charge in [0, 0.05) is 24.0 Å². The lowest BCUT2D eigenvalue weighted by Crippen LogP contribution is -2.11. The van der Waals surface area contributed by atoms with Crippen molar-refractivity contribution in [3.63, 3.8) is 0 Å². The van der Waals surface area contributed by atoms with Crippen molar-refractivity contribution in [2.45, 2.75) is 59.5 Å². The third kappa shape index (κ3) is 5.04. The number of hydrogen-bond acceptors (Lipinski definition) is 8. The molecule has 0 atom stereocenters. The van der Waals surface area contributed by atoms with Gasteiger partial charge in [0.25, 0.3) is 0 Å². The van der Waals surface area contributed by atoms with Gasteiger partial charge >= 0.3 is 5.97 Å². The molecular formula is C22H27N3O5S. The lowest BCUT2D eigenvalue weighted by molar-refractivity contribution is -0.116. The van der Waals surface area contributed by atoms with Gasteiger partial charge < -0.3 is 19.9 Å². The van der Waals surface area contributed by atoms with Crippen LogP contribution in [0, 0.1) is 6.92 Å². The van der Waals surface area contributed by atoms with E-state index < -0.39 is 5.97 Å². The molecule has 0 saturated heterocycles. The molecule has 2 aromatic rings. The molecule has 1 aliphatic heterocycles. The number of cyclic esters (lactones) is 1. The van der Waals surface area contributed by atoms with Crippen LogP contribution in [0.4, 0.5) is 5.13 Å². The molecule has 0 unspecified atom stereocenters. The van der Waals surface area contributed by atoms with Crippen LogP contribution in [0.3, 0.4) is 0 Å². The summed E-state index contributed by atoms with van der Waals surface area (Å²) in [6.07, 6.45) is 5.01. The van der Waals surface area contributed by atoms with Gasteiger partial charge in [-0.1, -0.05) is 29.9 Å². The van der Waals surface area contributed by atoms with E-state index in [0.29, 0.717) is 41.3 Å². The highest BCUT2D eigenvalue weighted by Crippen LogP contribution is 2.42. The van der Waals surface area contributed by atoms with E-state index in [0.717, 1.165) is 29.0 Å². The highest BCUT2D eigenvalue weighted by Gasteiger charge is 2.31. The molecule has 2 N–H and O–H groups in total. The summed E-state index contributed by atoms with van der Waals surface area (Å²) >= 11 is 1.40. The summed E-state index contributed by atoms with van der Waals surface area (Å²) in [6, 6.07) is 0. The summed E-state index contributed by atoms with van der Waals surface area (Å²) in [5, 5.41) is 22.9. The Balaban J connectivity index is 1.64. The van der Waals surface area contributed by atoms with E-state index in [-0.39, 0.29) is 23.8 Å². The second-order valence-electron chi connectivity index (χ2n) is 7.47. The number of fused-ring (bicyclic) bond motifs is 1. The number of carbonyl (C=O) groups excluding carboxylic acids is 2. The molecule has 1 amide bonds. The minimum absolute atomic E-state index is 0.0964. The number of methoxy groups -OCH3 is 1. The molecule has 166 valence electrons. The van der Waals surface area contributed by atoms with E-state index >= 15 is 0 Å². The number of aromatic nitrogens is 2. The normalized spacial score (nSPS) is 13.2. The maximum absolute atomic E-state index is 12.2. The van der Waals surface area contributed by atoms with Crippen molar-refractivity contribution in [2.75, 3.05) is 12.4 Å². The number of phenols is 1. The number of esters is 1. The maximum atomic E-state index is 12.2. The number of rotatable bonds is 9. The number of hydrogen-bond donors (Lipinski definition) is 2. The van der Waals surface area contributed by atoms with Crippen LogP contribution >= 0.6 is 11.3 Å². The summed E-state index contributed by atoms with van der Waals surface area (Å²) < 4.78 is 10.6. The Morgan fingerprint density at radius 1 is 1.35 bits per heavy atom. The average Bonchev–Trinajstić information content (AvgIpc) is 3.34. The van der Waals surface area contributed by atoms with Gasteiger partial charge in [-0.25, -0.2) is 4.79 Å². The Kier molecular flexibility index (Phi) is 7.27. The summed E-state index contributed by atoms with van der Waals surface area (Å²) in [4.78, 5) is 24.2. The molecular weight excluding hydrogens is 418 g/mol. The van der Waals surface area contributed by atoms with E-state index in [9.17, 15) is 14.7 Å². The Hall–Kier alpha value is -2.94. The molecule has 8 nitrogen and oxygen atoms in total. The van der Waals surface area contributed by atoms with Gasteiger partial charge in [-0.2, -0.15) is 0 Å². The smallest absolute Gasteiger partial charge is 0.342 e. The molecule has 1 aromatic heterocycles. The Morgan fingerprint density at radius 2 is 2.13 bits per heavy atom. The summed E-state index contributed by atoms with van der Waals surface area (Å²) in [7, 11) is 1.54. The van der Waals surface area contributed by atoms with Gasteiger partial charge in [-0.15, -0.1) is 10.2 Å². The van der Waals surface area contributed by atoms with Crippen LogP contribution in [0.25, 0.3) is 0 Å². The van der Waals surface area contributed by atoms with E-state index in [1.54, 1.807) is 0 Å². The molecule has 31 heavy (non-hydrogen) atoms. The summed E-state index contributed by atoms with van der Waals surface area (Å²) in [5.41, 5.74) is 3.21. The Bertz CT molecular complexity index is 1030. The summed E-state index contributed by atoms with van der Waals surface area (Å²) in [6.45, 7) is 5.99. The minimum Gasteiger partial charge on any atom is -0.507 e. The zero-order valence-electron chi connectivity index (χ0n) is 18.2. The van der Waals surface area contributed by atoms with Crippen molar-refractivity contribution in [3.8, 4) is 11.5 Å². The molecule has 9 heteroatoms. The monoisotopic (exact) mass is 445 g/mol. The topological polar surface area (TPSA) is 111 Å². The third-order valence-electron chi connectivity index (χ3n) is 5.23. The van der Waals surface area contributed by atoms with Crippen LogP contribution in [0.5, 0.6) is 11.5 Å². The number of phenolic OH excluding ortho intramolecular Hbond substituents is 1. The first-order valence-corrected chi connectivity index (χ1v) is 11.0. The molecule has 1 aliphatic rings. The van der Waals surface area contributed by atoms with Crippen molar-refractivity contribution in [1.29, 1.82) is 0 Å². The number of nitrogens with one attached hydrogen (secondary N) is 1. The number of amides is 1. The van der Waals surface area contributed by atoms with Gasteiger partial charge in [0.05, 0.1) is 7.11 Å². The SMILES string of the molecule is CCCc1nnc(NC(=O)CCC(C)=CCc2c(O)c3c(c(C)c2OC)COC3=O)s1. The van der Waals surface area contributed by atoms with E-state index in [4.69, 9.17) is 9.47 Å². The van der Waals surface area contributed by atoms with Crippen molar-refractivity contribution in [2.24, 2.45) is 0 Å². The lowest BCUT2D eigenvalue weighted by Gasteiger charge is -2.15. The second kappa shape index (κ2) is 9.91. The first kappa shape index (κ1) is 22.7. The Morgan fingerprint density at radius 3 is 2.84 bits per heavy atom. The van der Waals surface area contributed by atoms with Gasteiger partial charge in [0.2, 0.25) is 11.0 Å². The van der Waals surface area contributed by atoms with E-state index in [1.807, 2.05) is 19.9 Å². The standard InChI is InChI=1S/C22H27N3O5S/c1-5-6-17-24-25-22(31-17)23-16(26)10-8-12(2)7-9-14-19(27)18-15(11-30-21(18)28)13(3)20(14)29-4/h7,27H,5-6,8-11H2,1-4H3,(H,23,25,26). The highest BCUT2D eigenvalue weighted by atomic mass is 32.1. The molecule has 0 bridgehead atoms. The van der Waals surface area contributed by atoms with Crippen LogP contribution in [0.2, 0.25) is 0 Å². The molecule has 0 radical (unpaired) electrons. The molecule has 0 fully saturated rings. The number of carbonyl (C=O) groups is 2. The number of aromatic hydroxyl groups is 1. The van der Waals surface area contributed by atoms with Crippen molar-refractivity contribution in [3.05, 3.63) is 38.9 Å². The number of aryl methyl sites for hydroxylation is 1. The predicted molar refractivity (Wildman–Crippen MR) is 118 cm³/mol. The first-order chi connectivity index (χ1) is 14.8. The summed E-state index contributed by atoms with van der Waals surface area (Å²) in [5.74, 6) is -0.185. The average molecular weight is 446 g/mol. The van der Waals surface area contributed by atoms with Crippen LogP contribution in [-0.2, 0) is 29.0 Å². The van der Waals surface area contributed by atoms with Crippen LogP contribution in [0.1, 0.15) is 65.2 Å². The number of anilines is 1. The third-order valence-corrected chi connectivity index (χ3v) is 6.12. The predicted octanol–water partition coefficient (Wildman–Crippen LogP) is 4.09. The van der Waals surface area contributed by atoms with Gasteiger partial charge in [-0.3, -0.25) is 4.79 Å². The van der Waals surface area contributed by atoms with Crippen molar-refractivity contribution < 1.29 is 24.2 Å². The zero-order valence-corrected chi connectivity index (χ0v) is 19.0. The fourth-order valence-electron chi connectivity index (χ4n) is 3.52. The quantitative estimate of drug-likeness (QED) is 0.442. The number of allylic oxidation sites excluding steroid dienone is 2. The van der Waals surface area contributed by atoms with Crippen molar-refractivity contribution >= 4 is 28.3 Å². The highest BCUT2D eigenvalue weighted by molar-refractivity contribution is 7.15. The second-order valence-corrected chi connectivity index (χ2v) is 8.53. The number of ether oxygens (including phenoxy) is 2. The fraction of sp³-hybridized carbons (Fsp3) is 0.455. The molecule has 0 aliphatic carbocycles. The van der Waals surface area contributed by atoms with Gasteiger partial charge in [0.1, 0.15) is 28.7 Å². The van der Waals surface area contributed by atoms with Crippen LogP contribution in [0.15, 0.2) is 11.6 Å². The van der Waals surface area contributed by atoms with Gasteiger partial charge in [0.15, 0.2) is 0 Å². The van der Waals surface area contributed by atoms with Crippen LogP contribution < -0.4 is 10.1 Å². The largest absolute Gasteiger partial charge is 0.507 e. The fourth-order valence-corrected chi connectivity index (χ4v) is 4.38. The van der Waals surface area contributed by atoms with Crippen LogP contribution in [-0.4, -0.2) is 34.3 Å². The molecule has 2 heterocycles. The minimum atomic E-state index is -0.518. The maximum Gasteiger partial charge on any atom is 0.342 e. The molecule has 0 saturated carbocycles. The zero-order chi connectivity index (χ0) is 22.5. The van der Waals surface area contributed by atoms with E-state index in [2.05, 4.69) is 22.4 Å². The molecule has 1 aromatic carbocycles. The number of benzene rings is 1. The van der Waals surface area contributed by atoms with Crippen molar-refractivity contribution in [1.82, 2.24) is 10.2 Å².